The van der Waals surface area contributed by atoms with Gasteiger partial charge in [0.25, 0.3) is 0 Å². The summed E-state index contributed by atoms with van der Waals surface area (Å²) in [4.78, 5) is 0. The molecule has 0 unspecified atom stereocenters. The lowest BCUT2D eigenvalue weighted by atomic mass is 9.77. The Morgan fingerprint density at radius 3 is 1.48 bits per heavy atom. The molecule has 0 nitrogen and oxygen atoms in total. The van der Waals surface area contributed by atoms with Gasteiger partial charge in [-0.2, -0.15) is 0 Å². The van der Waals surface area contributed by atoms with Crippen LogP contribution in [0.3, 0.4) is 0 Å². The largest absolute Gasteiger partial charge is 0.0870 e. The maximum Gasteiger partial charge on any atom is 0.0478 e. The molecule has 0 aliphatic rings. The minimum atomic E-state index is -0.137. The van der Waals surface area contributed by atoms with Crippen LogP contribution in [-0.2, 0) is 5.41 Å². The molecule has 0 spiro atoms. The van der Waals surface area contributed by atoms with Crippen LogP contribution < -0.4 is 0 Å². The summed E-state index contributed by atoms with van der Waals surface area (Å²) in [5, 5.41) is 1.54. The van der Waals surface area contributed by atoms with Gasteiger partial charge in [0.05, 0.1) is 0 Å². The van der Waals surface area contributed by atoms with E-state index in [1.165, 1.54) is 11.1 Å². The Kier molecular flexibility index (Phi) is 5.73. The average molecular weight is 345 g/mol. The normalized spacial score (nSPS) is 12.4. The van der Waals surface area contributed by atoms with Crippen molar-refractivity contribution in [2.45, 2.75) is 33.1 Å². The van der Waals surface area contributed by atoms with Crippen molar-refractivity contribution in [1.29, 1.82) is 0 Å². The highest BCUT2D eigenvalue weighted by Gasteiger charge is 2.24. The zero-order valence-corrected chi connectivity index (χ0v) is 15.5. The number of allylic oxidation sites excluding steroid dienone is 2. The summed E-state index contributed by atoms with van der Waals surface area (Å²) in [5.74, 6) is 0. The summed E-state index contributed by atoms with van der Waals surface area (Å²) in [7, 11) is 0. The van der Waals surface area contributed by atoms with Gasteiger partial charge in [0, 0.05) is 15.5 Å². The first-order chi connectivity index (χ1) is 10.9. The van der Waals surface area contributed by atoms with Gasteiger partial charge < -0.3 is 0 Å². The molecule has 2 rings (SSSR count). The van der Waals surface area contributed by atoms with Crippen molar-refractivity contribution >= 4 is 35.4 Å². The van der Waals surface area contributed by atoms with Gasteiger partial charge >= 0.3 is 0 Å². The second-order valence-corrected chi connectivity index (χ2v) is 6.91. The van der Waals surface area contributed by atoms with E-state index < -0.39 is 0 Å². The molecule has 0 N–H and O–H groups in total. The van der Waals surface area contributed by atoms with E-state index in [1.807, 2.05) is 50.3 Å². The molecule has 2 heteroatoms. The highest BCUT2D eigenvalue weighted by Crippen LogP contribution is 2.35. The molecule has 120 valence electrons. The third-order valence-corrected chi connectivity index (χ3v) is 4.82. The van der Waals surface area contributed by atoms with E-state index in [1.54, 1.807) is 0 Å². The van der Waals surface area contributed by atoms with E-state index >= 15 is 0 Å². The SMILES string of the molecule is CC=Cc1cc(C(C)(C)c2ccc(Cl)c(C=CC)c2)ccc1Cl. The van der Waals surface area contributed by atoms with Crippen molar-refractivity contribution in [3.05, 3.63) is 80.8 Å². The Morgan fingerprint density at radius 2 is 1.13 bits per heavy atom. The van der Waals surface area contributed by atoms with Crippen molar-refractivity contribution in [3.63, 3.8) is 0 Å². The third kappa shape index (κ3) is 3.88. The molecular formula is C21H22Cl2. The van der Waals surface area contributed by atoms with Gasteiger partial charge in [0.1, 0.15) is 0 Å². The van der Waals surface area contributed by atoms with E-state index in [4.69, 9.17) is 23.2 Å². The number of hydrogen-bond acceptors (Lipinski definition) is 0. The standard InChI is InChI=1S/C21H22Cl2/c1-5-7-15-13-17(9-11-19(15)22)21(3,4)18-10-12-20(23)16(14-18)8-6-2/h5-14H,1-4H3. The van der Waals surface area contributed by atoms with Gasteiger partial charge in [0.2, 0.25) is 0 Å². The first-order valence-electron chi connectivity index (χ1n) is 7.75. The summed E-state index contributed by atoms with van der Waals surface area (Å²) in [6.45, 7) is 8.43. The fraction of sp³-hybridized carbons (Fsp3) is 0.238. The van der Waals surface area contributed by atoms with Gasteiger partial charge in [0.15, 0.2) is 0 Å². The van der Waals surface area contributed by atoms with Crippen LogP contribution in [0, 0.1) is 0 Å². The van der Waals surface area contributed by atoms with Crippen molar-refractivity contribution in [1.82, 2.24) is 0 Å². The van der Waals surface area contributed by atoms with Crippen LogP contribution in [0.1, 0.15) is 49.9 Å². The van der Waals surface area contributed by atoms with Crippen LogP contribution in [0.25, 0.3) is 12.2 Å². The molecule has 2 aromatic rings. The van der Waals surface area contributed by atoms with Crippen LogP contribution in [-0.4, -0.2) is 0 Å². The van der Waals surface area contributed by atoms with Crippen molar-refractivity contribution in [2.24, 2.45) is 0 Å². The molecule has 0 atom stereocenters. The fourth-order valence-corrected chi connectivity index (χ4v) is 3.01. The minimum Gasteiger partial charge on any atom is -0.0870 e. The molecule has 0 amide bonds. The van der Waals surface area contributed by atoms with Gasteiger partial charge in [-0.25, -0.2) is 0 Å². The maximum atomic E-state index is 6.28. The van der Waals surface area contributed by atoms with E-state index in [-0.39, 0.29) is 5.41 Å². The monoisotopic (exact) mass is 344 g/mol. The van der Waals surface area contributed by atoms with E-state index in [2.05, 4.69) is 38.1 Å². The Hall–Kier alpha value is -1.50. The molecule has 23 heavy (non-hydrogen) atoms. The van der Waals surface area contributed by atoms with Crippen LogP contribution in [0.5, 0.6) is 0 Å². The molecule has 0 saturated heterocycles. The van der Waals surface area contributed by atoms with Crippen LogP contribution in [0.15, 0.2) is 48.6 Å². The molecule has 0 aliphatic heterocycles. The summed E-state index contributed by atoms with van der Waals surface area (Å²) in [5.41, 5.74) is 4.40. The van der Waals surface area contributed by atoms with Crippen LogP contribution in [0.2, 0.25) is 10.0 Å². The second kappa shape index (κ2) is 7.38. The maximum absolute atomic E-state index is 6.28. The molecule has 0 aliphatic carbocycles. The van der Waals surface area contributed by atoms with Gasteiger partial charge in [-0.15, -0.1) is 0 Å². The lowest BCUT2D eigenvalue weighted by molar-refractivity contribution is 0.640. The Balaban J connectivity index is 2.53. The first-order valence-corrected chi connectivity index (χ1v) is 8.51. The summed E-state index contributed by atoms with van der Waals surface area (Å²) in [6.07, 6.45) is 8.08. The van der Waals surface area contributed by atoms with Crippen molar-refractivity contribution < 1.29 is 0 Å². The predicted molar refractivity (Wildman–Crippen MR) is 104 cm³/mol. The van der Waals surface area contributed by atoms with Crippen LogP contribution >= 0.6 is 23.2 Å². The highest BCUT2D eigenvalue weighted by molar-refractivity contribution is 6.32. The molecule has 0 aromatic heterocycles. The number of hydrogen-bond donors (Lipinski definition) is 0. The number of benzene rings is 2. The van der Waals surface area contributed by atoms with Gasteiger partial charge in [-0.05, 0) is 60.4 Å². The Labute approximate surface area is 149 Å². The number of halogens is 2. The van der Waals surface area contributed by atoms with Crippen LogP contribution in [0.4, 0.5) is 0 Å². The summed E-state index contributed by atoms with van der Waals surface area (Å²) >= 11 is 12.6. The predicted octanol–water partition coefficient (Wildman–Crippen LogP) is 7.39. The van der Waals surface area contributed by atoms with Crippen molar-refractivity contribution in [3.8, 4) is 0 Å². The average Bonchev–Trinajstić information content (AvgIpc) is 2.51. The third-order valence-electron chi connectivity index (χ3n) is 4.13. The van der Waals surface area contributed by atoms with Gasteiger partial charge in [-0.3, -0.25) is 0 Å². The number of rotatable bonds is 4. The first kappa shape index (κ1) is 17.8. The molecule has 0 saturated carbocycles. The van der Waals surface area contributed by atoms with E-state index in [9.17, 15) is 0 Å². The molecule has 0 bridgehead atoms. The lowest BCUT2D eigenvalue weighted by Crippen LogP contribution is -2.19. The second-order valence-electron chi connectivity index (χ2n) is 6.10. The Morgan fingerprint density at radius 1 is 0.739 bits per heavy atom. The lowest BCUT2D eigenvalue weighted by Gasteiger charge is -2.27. The summed E-state index contributed by atoms with van der Waals surface area (Å²) < 4.78 is 0. The topological polar surface area (TPSA) is 0 Å². The minimum absolute atomic E-state index is 0.137. The molecule has 2 aromatic carbocycles. The zero-order chi connectivity index (χ0) is 17.0. The molecule has 0 fully saturated rings. The molecular weight excluding hydrogens is 323 g/mol. The van der Waals surface area contributed by atoms with E-state index in [0.717, 1.165) is 21.2 Å². The smallest absolute Gasteiger partial charge is 0.0478 e. The van der Waals surface area contributed by atoms with Crippen molar-refractivity contribution in [2.75, 3.05) is 0 Å². The van der Waals surface area contributed by atoms with Gasteiger partial charge in [-0.1, -0.05) is 73.5 Å². The zero-order valence-electron chi connectivity index (χ0n) is 14.0. The quantitative estimate of drug-likeness (QED) is 0.542. The van der Waals surface area contributed by atoms with E-state index in [0.29, 0.717) is 0 Å². The molecule has 0 radical (unpaired) electrons. The fourth-order valence-electron chi connectivity index (χ4n) is 2.65. The highest BCUT2D eigenvalue weighted by atomic mass is 35.5. The summed E-state index contributed by atoms with van der Waals surface area (Å²) in [6, 6.07) is 12.4. The molecule has 0 heterocycles. The Bertz CT molecular complexity index is 689.